The van der Waals surface area contributed by atoms with Crippen LogP contribution in [-0.2, 0) is 21.4 Å². The van der Waals surface area contributed by atoms with Crippen molar-refractivity contribution in [1.29, 1.82) is 5.26 Å². The molecular formula is C18H20N2O4S. The van der Waals surface area contributed by atoms with Crippen molar-refractivity contribution in [2.24, 2.45) is 0 Å². The molecule has 6 nitrogen and oxygen atoms in total. The second kappa shape index (κ2) is 9.67. The highest BCUT2D eigenvalue weighted by Gasteiger charge is 2.13. The van der Waals surface area contributed by atoms with Gasteiger partial charge in [0.15, 0.2) is 6.61 Å². The lowest BCUT2D eigenvalue weighted by molar-refractivity contribution is 0.122. The van der Waals surface area contributed by atoms with Gasteiger partial charge in [0.1, 0.15) is 11.8 Å². The number of nitrogens with zero attached hydrogens (tertiary/aromatic N) is 1. The number of sulfonamides is 1. The van der Waals surface area contributed by atoms with Crippen molar-refractivity contribution in [2.75, 3.05) is 23.7 Å². The number of hydrogen-bond acceptors (Lipinski definition) is 5. The number of benzene rings is 2. The van der Waals surface area contributed by atoms with E-state index >= 15 is 0 Å². The van der Waals surface area contributed by atoms with Gasteiger partial charge in [-0.3, -0.25) is 4.72 Å². The molecule has 25 heavy (non-hydrogen) atoms. The van der Waals surface area contributed by atoms with Crippen LogP contribution < -0.4 is 9.46 Å². The first kappa shape index (κ1) is 18.8. The third-order valence-corrected chi connectivity index (χ3v) is 4.62. The molecule has 0 radical (unpaired) electrons. The molecule has 7 heteroatoms. The fraction of sp³-hybridized carbons (Fsp3) is 0.278. The van der Waals surface area contributed by atoms with E-state index in [-0.39, 0.29) is 12.4 Å². The quantitative estimate of drug-likeness (QED) is 0.658. The van der Waals surface area contributed by atoms with Crippen molar-refractivity contribution in [1.82, 2.24) is 0 Å². The van der Waals surface area contributed by atoms with E-state index in [1.165, 1.54) is 0 Å². The van der Waals surface area contributed by atoms with Crippen molar-refractivity contribution in [3.63, 3.8) is 0 Å². The summed E-state index contributed by atoms with van der Waals surface area (Å²) in [5, 5.41) is 8.57. The highest BCUT2D eigenvalue weighted by atomic mass is 32.2. The van der Waals surface area contributed by atoms with E-state index in [1.807, 2.05) is 36.4 Å². The zero-order valence-electron chi connectivity index (χ0n) is 13.7. The van der Waals surface area contributed by atoms with Crippen LogP contribution in [0.15, 0.2) is 54.6 Å². The van der Waals surface area contributed by atoms with Crippen LogP contribution in [0.25, 0.3) is 0 Å². The van der Waals surface area contributed by atoms with Crippen LogP contribution in [0.3, 0.4) is 0 Å². The summed E-state index contributed by atoms with van der Waals surface area (Å²) >= 11 is 0. The molecule has 0 saturated heterocycles. The SMILES string of the molecule is N#CCOc1ccccc1NS(=O)(=O)CCCOCc1ccccc1. The molecule has 0 unspecified atom stereocenters. The van der Waals surface area contributed by atoms with Crippen LogP contribution in [0.1, 0.15) is 12.0 Å². The monoisotopic (exact) mass is 360 g/mol. The maximum absolute atomic E-state index is 12.2. The molecule has 0 saturated carbocycles. The summed E-state index contributed by atoms with van der Waals surface area (Å²) < 4.78 is 37.5. The van der Waals surface area contributed by atoms with Crippen LogP contribution in [0.5, 0.6) is 5.75 Å². The number of para-hydroxylation sites is 2. The van der Waals surface area contributed by atoms with Gasteiger partial charge in [-0.15, -0.1) is 0 Å². The number of anilines is 1. The van der Waals surface area contributed by atoms with Crippen molar-refractivity contribution in [2.45, 2.75) is 13.0 Å². The van der Waals surface area contributed by atoms with Gasteiger partial charge in [0.2, 0.25) is 10.0 Å². The third-order valence-electron chi connectivity index (χ3n) is 3.26. The molecular weight excluding hydrogens is 340 g/mol. The maximum Gasteiger partial charge on any atom is 0.232 e. The van der Waals surface area contributed by atoms with Crippen molar-refractivity contribution < 1.29 is 17.9 Å². The van der Waals surface area contributed by atoms with Crippen molar-refractivity contribution in [3.05, 3.63) is 60.2 Å². The number of ether oxygens (including phenoxy) is 2. The van der Waals surface area contributed by atoms with Gasteiger partial charge >= 0.3 is 0 Å². The average Bonchev–Trinajstić information content (AvgIpc) is 2.61. The summed E-state index contributed by atoms with van der Waals surface area (Å²) in [4.78, 5) is 0. The second-order valence-electron chi connectivity index (χ2n) is 5.26. The van der Waals surface area contributed by atoms with Gasteiger partial charge in [-0.2, -0.15) is 5.26 Å². The Morgan fingerprint density at radius 3 is 2.52 bits per heavy atom. The molecule has 2 rings (SSSR count). The van der Waals surface area contributed by atoms with E-state index in [4.69, 9.17) is 14.7 Å². The Kier molecular flexibility index (Phi) is 7.26. The van der Waals surface area contributed by atoms with Crippen LogP contribution in [0.2, 0.25) is 0 Å². The topological polar surface area (TPSA) is 88.4 Å². The molecule has 0 bridgehead atoms. The summed E-state index contributed by atoms with van der Waals surface area (Å²) in [7, 11) is -3.52. The summed E-state index contributed by atoms with van der Waals surface area (Å²) in [6.07, 6.45) is 0.378. The van der Waals surface area contributed by atoms with E-state index in [2.05, 4.69) is 4.72 Å². The third kappa shape index (κ3) is 6.83. The fourth-order valence-electron chi connectivity index (χ4n) is 2.12. The molecule has 0 atom stereocenters. The molecule has 0 heterocycles. The summed E-state index contributed by atoms with van der Waals surface area (Å²) in [6.45, 7) is 0.660. The van der Waals surface area contributed by atoms with E-state index in [9.17, 15) is 8.42 Å². The standard InChI is InChI=1S/C18H20N2O4S/c19-11-13-24-18-10-5-4-9-17(18)20-25(21,22)14-6-12-23-15-16-7-2-1-3-8-16/h1-5,7-10,20H,6,12-15H2. The van der Waals surface area contributed by atoms with Crippen LogP contribution >= 0.6 is 0 Å². The minimum atomic E-state index is -3.52. The summed E-state index contributed by atoms with van der Waals surface area (Å²) in [6, 6.07) is 18.2. The van der Waals surface area contributed by atoms with Crippen LogP contribution in [0, 0.1) is 11.3 Å². The first-order chi connectivity index (χ1) is 12.1. The lowest BCUT2D eigenvalue weighted by Gasteiger charge is -2.12. The Hall–Kier alpha value is -2.56. The predicted molar refractivity (Wildman–Crippen MR) is 95.7 cm³/mol. The van der Waals surface area contributed by atoms with Gasteiger partial charge in [0.25, 0.3) is 0 Å². The Labute approximate surface area is 148 Å². The highest BCUT2D eigenvalue weighted by Crippen LogP contribution is 2.24. The molecule has 0 amide bonds. The van der Waals surface area contributed by atoms with Gasteiger partial charge in [0, 0.05) is 6.61 Å². The first-order valence-corrected chi connectivity index (χ1v) is 9.47. The number of rotatable bonds is 10. The number of hydrogen-bond donors (Lipinski definition) is 1. The molecule has 2 aromatic rings. The molecule has 2 aromatic carbocycles. The van der Waals surface area contributed by atoms with Gasteiger partial charge in [-0.25, -0.2) is 8.42 Å². The van der Waals surface area contributed by atoms with Crippen LogP contribution in [0.4, 0.5) is 5.69 Å². The van der Waals surface area contributed by atoms with E-state index in [1.54, 1.807) is 24.3 Å². The molecule has 0 aliphatic carbocycles. The molecule has 0 spiro atoms. The van der Waals surface area contributed by atoms with E-state index in [0.29, 0.717) is 31.1 Å². The predicted octanol–water partition coefficient (Wildman–Crippen LogP) is 2.94. The van der Waals surface area contributed by atoms with Gasteiger partial charge in [0.05, 0.1) is 18.0 Å². The first-order valence-electron chi connectivity index (χ1n) is 7.82. The van der Waals surface area contributed by atoms with Gasteiger partial charge in [-0.05, 0) is 24.1 Å². The molecule has 0 fully saturated rings. The Balaban J connectivity index is 1.79. The summed E-state index contributed by atoms with van der Waals surface area (Å²) in [5.41, 5.74) is 1.37. The fourth-order valence-corrected chi connectivity index (χ4v) is 3.22. The molecule has 0 aromatic heterocycles. The van der Waals surface area contributed by atoms with E-state index < -0.39 is 10.0 Å². The lowest BCUT2D eigenvalue weighted by Crippen LogP contribution is -2.18. The Morgan fingerprint density at radius 2 is 1.76 bits per heavy atom. The summed E-state index contributed by atoms with van der Waals surface area (Å²) in [5.74, 6) is 0.266. The highest BCUT2D eigenvalue weighted by molar-refractivity contribution is 7.92. The zero-order chi connectivity index (χ0) is 18.0. The van der Waals surface area contributed by atoms with Crippen molar-refractivity contribution >= 4 is 15.7 Å². The van der Waals surface area contributed by atoms with Gasteiger partial charge in [-0.1, -0.05) is 42.5 Å². The van der Waals surface area contributed by atoms with Crippen molar-refractivity contribution in [3.8, 4) is 11.8 Å². The number of nitriles is 1. The smallest absolute Gasteiger partial charge is 0.232 e. The largest absolute Gasteiger partial charge is 0.477 e. The average molecular weight is 360 g/mol. The van der Waals surface area contributed by atoms with Gasteiger partial charge < -0.3 is 9.47 Å². The normalized spacial score (nSPS) is 10.8. The molecule has 132 valence electrons. The Morgan fingerprint density at radius 1 is 1.04 bits per heavy atom. The zero-order valence-corrected chi connectivity index (χ0v) is 14.5. The Bertz CT molecular complexity index is 801. The second-order valence-corrected chi connectivity index (χ2v) is 7.10. The lowest BCUT2D eigenvalue weighted by atomic mass is 10.2. The molecule has 0 aliphatic rings. The minimum Gasteiger partial charge on any atom is -0.477 e. The number of nitrogens with one attached hydrogen (secondary N) is 1. The minimum absolute atomic E-state index is 0.0611. The maximum atomic E-state index is 12.2. The molecule has 1 N–H and O–H groups in total. The van der Waals surface area contributed by atoms with Crippen LogP contribution in [-0.4, -0.2) is 27.4 Å². The molecule has 0 aliphatic heterocycles. The van der Waals surface area contributed by atoms with E-state index in [0.717, 1.165) is 5.56 Å².